The van der Waals surface area contributed by atoms with Crippen LogP contribution in [0.1, 0.15) is 22.1 Å². The fourth-order valence-corrected chi connectivity index (χ4v) is 2.45. The molecule has 0 aliphatic carbocycles. The summed E-state index contributed by atoms with van der Waals surface area (Å²) in [7, 11) is 0. The van der Waals surface area contributed by atoms with Gasteiger partial charge in [-0.3, -0.25) is 0 Å². The Morgan fingerprint density at radius 1 is 1.12 bits per heavy atom. The Balaban J connectivity index is 2.53. The smallest absolute Gasteiger partial charge is 0.171 e. The van der Waals surface area contributed by atoms with Crippen molar-refractivity contribution in [3.05, 3.63) is 28.2 Å². The van der Waals surface area contributed by atoms with Crippen LogP contribution in [0.3, 0.4) is 0 Å². The van der Waals surface area contributed by atoms with Crippen LogP contribution in [0, 0.1) is 20.8 Å². The second-order valence-electron chi connectivity index (χ2n) is 3.70. The minimum atomic E-state index is 0.469. The molecule has 0 bridgehead atoms. The molecule has 0 aliphatic heterocycles. The molecule has 84 valence electrons. The summed E-state index contributed by atoms with van der Waals surface area (Å²) in [6, 6.07) is 1.96. The van der Waals surface area contributed by atoms with Crippen LogP contribution in [0.4, 0.5) is 0 Å². The molecule has 4 nitrogen and oxygen atoms in total. The maximum atomic E-state index is 5.58. The Morgan fingerprint density at radius 3 is 2.25 bits per heavy atom. The van der Waals surface area contributed by atoms with Crippen molar-refractivity contribution in [3.63, 3.8) is 0 Å². The molecule has 0 saturated heterocycles. The van der Waals surface area contributed by atoms with Gasteiger partial charge in [0, 0.05) is 17.9 Å². The van der Waals surface area contributed by atoms with Crippen LogP contribution in [0.5, 0.6) is 0 Å². The predicted molar refractivity (Wildman–Crippen MR) is 65.2 cm³/mol. The summed E-state index contributed by atoms with van der Waals surface area (Å²) >= 11 is 1.57. The van der Waals surface area contributed by atoms with E-state index in [2.05, 4.69) is 15.0 Å². The SMILES string of the molecule is Cc1cc(C)nc(-c2sc(CN)nc2C)n1. The fourth-order valence-electron chi connectivity index (χ4n) is 1.57. The zero-order valence-corrected chi connectivity index (χ0v) is 10.4. The van der Waals surface area contributed by atoms with Crippen molar-refractivity contribution in [3.8, 4) is 10.7 Å². The number of aromatic nitrogens is 3. The van der Waals surface area contributed by atoms with Gasteiger partial charge in [-0.15, -0.1) is 11.3 Å². The third-order valence-electron chi connectivity index (χ3n) is 2.20. The van der Waals surface area contributed by atoms with Gasteiger partial charge in [0.2, 0.25) is 0 Å². The van der Waals surface area contributed by atoms with E-state index < -0.39 is 0 Å². The number of nitrogens with zero attached hydrogens (tertiary/aromatic N) is 3. The first kappa shape index (κ1) is 11.2. The first-order valence-electron chi connectivity index (χ1n) is 5.09. The minimum Gasteiger partial charge on any atom is -0.325 e. The Bertz CT molecular complexity index is 498. The van der Waals surface area contributed by atoms with Gasteiger partial charge in [0.25, 0.3) is 0 Å². The molecule has 0 spiro atoms. The van der Waals surface area contributed by atoms with E-state index in [0.717, 1.165) is 32.8 Å². The zero-order chi connectivity index (χ0) is 11.7. The Kier molecular flexibility index (Phi) is 2.98. The van der Waals surface area contributed by atoms with Crippen molar-refractivity contribution >= 4 is 11.3 Å². The molecule has 0 unspecified atom stereocenters. The van der Waals surface area contributed by atoms with Gasteiger partial charge in [-0.25, -0.2) is 15.0 Å². The molecule has 0 aromatic carbocycles. The molecule has 2 heterocycles. The lowest BCUT2D eigenvalue weighted by atomic mass is 10.3. The quantitative estimate of drug-likeness (QED) is 0.863. The Morgan fingerprint density at radius 2 is 1.75 bits per heavy atom. The van der Waals surface area contributed by atoms with Gasteiger partial charge in [-0.2, -0.15) is 0 Å². The number of hydrogen-bond acceptors (Lipinski definition) is 5. The van der Waals surface area contributed by atoms with Crippen LogP contribution < -0.4 is 5.73 Å². The monoisotopic (exact) mass is 234 g/mol. The molecular weight excluding hydrogens is 220 g/mol. The zero-order valence-electron chi connectivity index (χ0n) is 9.61. The minimum absolute atomic E-state index is 0.469. The maximum Gasteiger partial charge on any atom is 0.171 e. The lowest BCUT2D eigenvalue weighted by molar-refractivity contribution is 1.02. The Hall–Kier alpha value is -1.33. The van der Waals surface area contributed by atoms with Gasteiger partial charge in [-0.05, 0) is 26.8 Å². The summed E-state index contributed by atoms with van der Waals surface area (Å²) in [5.74, 6) is 0.757. The molecule has 2 aromatic heterocycles. The number of nitrogens with two attached hydrogens (primary N) is 1. The first-order chi connectivity index (χ1) is 7.60. The lowest BCUT2D eigenvalue weighted by Crippen LogP contribution is -1.94. The van der Waals surface area contributed by atoms with Crippen molar-refractivity contribution in [1.82, 2.24) is 15.0 Å². The average Bonchev–Trinajstić information content (AvgIpc) is 2.58. The summed E-state index contributed by atoms with van der Waals surface area (Å²) in [4.78, 5) is 14.3. The largest absolute Gasteiger partial charge is 0.325 e. The highest BCUT2D eigenvalue weighted by Gasteiger charge is 2.12. The summed E-state index contributed by atoms with van der Waals surface area (Å²) in [6.45, 7) is 6.37. The van der Waals surface area contributed by atoms with E-state index in [4.69, 9.17) is 5.73 Å². The molecule has 0 fully saturated rings. The standard InChI is InChI=1S/C11H14N4S/c1-6-4-7(2)14-11(13-6)10-8(3)15-9(5-12)16-10/h4H,5,12H2,1-3H3. The van der Waals surface area contributed by atoms with E-state index in [0.29, 0.717) is 6.54 Å². The normalized spacial score (nSPS) is 10.8. The van der Waals surface area contributed by atoms with Crippen molar-refractivity contribution in [2.75, 3.05) is 0 Å². The van der Waals surface area contributed by atoms with E-state index in [1.807, 2.05) is 26.8 Å². The van der Waals surface area contributed by atoms with Crippen LogP contribution in [0.2, 0.25) is 0 Å². The second kappa shape index (κ2) is 4.27. The van der Waals surface area contributed by atoms with E-state index >= 15 is 0 Å². The molecule has 0 radical (unpaired) electrons. The van der Waals surface area contributed by atoms with Crippen LogP contribution in [0.25, 0.3) is 10.7 Å². The molecule has 2 N–H and O–H groups in total. The van der Waals surface area contributed by atoms with Crippen molar-refractivity contribution in [2.45, 2.75) is 27.3 Å². The molecule has 16 heavy (non-hydrogen) atoms. The van der Waals surface area contributed by atoms with E-state index in [9.17, 15) is 0 Å². The van der Waals surface area contributed by atoms with E-state index in [1.54, 1.807) is 11.3 Å². The number of aryl methyl sites for hydroxylation is 3. The molecule has 0 saturated carbocycles. The predicted octanol–water partition coefficient (Wildman–Crippen LogP) is 1.98. The summed E-state index contributed by atoms with van der Waals surface area (Å²) < 4.78 is 0. The first-order valence-corrected chi connectivity index (χ1v) is 5.91. The summed E-state index contributed by atoms with van der Waals surface area (Å²) in [5.41, 5.74) is 8.48. The van der Waals surface area contributed by atoms with E-state index in [1.165, 1.54) is 0 Å². The lowest BCUT2D eigenvalue weighted by Gasteiger charge is -2.00. The molecule has 0 aliphatic rings. The summed E-state index contributed by atoms with van der Waals surface area (Å²) in [6.07, 6.45) is 0. The van der Waals surface area contributed by atoms with Crippen molar-refractivity contribution in [1.29, 1.82) is 0 Å². The number of hydrogen-bond donors (Lipinski definition) is 1. The second-order valence-corrected chi connectivity index (χ2v) is 4.78. The maximum absolute atomic E-state index is 5.58. The third-order valence-corrected chi connectivity index (χ3v) is 3.38. The van der Waals surface area contributed by atoms with Crippen LogP contribution in [-0.4, -0.2) is 15.0 Å². The Labute approximate surface area is 98.6 Å². The topological polar surface area (TPSA) is 64.7 Å². The molecule has 2 rings (SSSR count). The highest BCUT2D eigenvalue weighted by molar-refractivity contribution is 7.15. The van der Waals surface area contributed by atoms with Crippen LogP contribution in [0.15, 0.2) is 6.07 Å². The summed E-state index contributed by atoms with van der Waals surface area (Å²) in [5, 5.41) is 0.926. The number of thiazole rings is 1. The highest BCUT2D eigenvalue weighted by atomic mass is 32.1. The van der Waals surface area contributed by atoms with Gasteiger partial charge in [-0.1, -0.05) is 0 Å². The van der Waals surface area contributed by atoms with Crippen LogP contribution in [-0.2, 0) is 6.54 Å². The van der Waals surface area contributed by atoms with Gasteiger partial charge in [0.15, 0.2) is 5.82 Å². The molecule has 0 atom stereocenters. The fraction of sp³-hybridized carbons (Fsp3) is 0.364. The molecule has 2 aromatic rings. The van der Waals surface area contributed by atoms with Gasteiger partial charge < -0.3 is 5.73 Å². The average molecular weight is 234 g/mol. The van der Waals surface area contributed by atoms with Gasteiger partial charge in [0.1, 0.15) is 5.01 Å². The number of rotatable bonds is 2. The van der Waals surface area contributed by atoms with E-state index in [-0.39, 0.29) is 0 Å². The van der Waals surface area contributed by atoms with Gasteiger partial charge in [0.05, 0.1) is 10.6 Å². The third kappa shape index (κ3) is 2.10. The molecule has 5 heteroatoms. The van der Waals surface area contributed by atoms with Crippen molar-refractivity contribution in [2.24, 2.45) is 5.73 Å². The molecular formula is C11H14N4S. The van der Waals surface area contributed by atoms with Crippen LogP contribution >= 0.6 is 11.3 Å². The molecule has 0 amide bonds. The highest BCUT2D eigenvalue weighted by Crippen LogP contribution is 2.27. The van der Waals surface area contributed by atoms with Crippen molar-refractivity contribution < 1.29 is 0 Å². The van der Waals surface area contributed by atoms with Gasteiger partial charge >= 0.3 is 0 Å².